The minimum Gasteiger partial charge on any atom is -0.495 e. The first-order valence-electron chi connectivity index (χ1n) is 5.82. The minimum absolute atomic E-state index is 0.211. The number of aromatic carboxylic acids is 1. The molecule has 1 aromatic heterocycles. The van der Waals surface area contributed by atoms with Gasteiger partial charge in [0.25, 0.3) is 10.0 Å². The molecule has 1 heterocycles. The fraction of sp³-hybridized carbons (Fsp3) is 0.154. The number of benzene rings is 1. The standard InChI is InChI=1S/C13H13NO5S2/c1-14(9-5-3-4-6-10(9)19-2)21(17,18)11-7-8-20-12(11)13(15)16/h3-8H,1-2H3,(H,15,16). The number of rotatable bonds is 5. The number of thiophene rings is 1. The second-order valence-electron chi connectivity index (χ2n) is 4.06. The van der Waals surface area contributed by atoms with Gasteiger partial charge in [0.05, 0.1) is 12.8 Å². The molecule has 0 saturated carbocycles. The Hall–Kier alpha value is -2.06. The Morgan fingerprint density at radius 3 is 2.57 bits per heavy atom. The quantitative estimate of drug-likeness (QED) is 0.911. The molecule has 0 fully saturated rings. The Kier molecular flexibility index (Phi) is 4.19. The molecule has 0 saturated heterocycles. The zero-order valence-electron chi connectivity index (χ0n) is 11.3. The third-order valence-electron chi connectivity index (χ3n) is 2.89. The number of ether oxygens (including phenoxy) is 1. The summed E-state index contributed by atoms with van der Waals surface area (Å²) in [4.78, 5) is 10.7. The van der Waals surface area contributed by atoms with E-state index < -0.39 is 16.0 Å². The van der Waals surface area contributed by atoms with E-state index in [-0.39, 0.29) is 9.77 Å². The summed E-state index contributed by atoms with van der Waals surface area (Å²) in [6.07, 6.45) is 0. The molecule has 0 aliphatic carbocycles. The van der Waals surface area contributed by atoms with Gasteiger partial charge in [-0.1, -0.05) is 12.1 Å². The number of methoxy groups -OCH3 is 1. The largest absolute Gasteiger partial charge is 0.495 e. The number of carbonyl (C=O) groups is 1. The monoisotopic (exact) mass is 327 g/mol. The maximum absolute atomic E-state index is 12.6. The molecule has 0 bridgehead atoms. The molecule has 112 valence electrons. The molecule has 0 aliphatic rings. The molecule has 21 heavy (non-hydrogen) atoms. The van der Waals surface area contributed by atoms with Gasteiger partial charge in [0, 0.05) is 7.05 Å². The van der Waals surface area contributed by atoms with Gasteiger partial charge in [-0.25, -0.2) is 13.2 Å². The van der Waals surface area contributed by atoms with Crippen molar-refractivity contribution in [1.29, 1.82) is 0 Å². The topological polar surface area (TPSA) is 83.9 Å². The van der Waals surface area contributed by atoms with Crippen molar-refractivity contribution in [3.63, 3.8) is 0 Å². The van der Waals surface area contributed by atoms with Gasteiger partial charge in [-0.15, -0.1) is 11.3 Å². The molecule has 1 aromatic carbocycles. The zero-order valence-corrected chi connectivity index (χ0v) is 12.9. The maximum Gasteiger partial charge on any atom is 0.347 e. The molecule has 2 aromatic rings. The highest BCUT2D eigenvalue weighted by atomic mass is 32.2. The predicted molar refractivity (Wildman–Crippen MR) is 79.9 cm³/mol. The van der Waals surface area contributed by atoms with E-state index in [0.29, 0.717) is 11.4 Å². The van der Waals surface area contributed by atoms with Gasteiger partial charge in [0.2, 0.25) is 0 Å². The van der Waals surface area contributed by atoms with E-state index in [9.17, 15) is 13.2 Å². The molecule has 0 unspecified atom stereocenters. The average Bonchev–Trinajstić information content (AvgIpc) is 2.96. The van der Waals surface area contributed by atoms with Gasteiger partial charge < -0.3 is 9.84 Å². The lowest BCUT2D eigenvalue weighted by Gasteiger charge is -2.21. The lowest BCUT2D eigenvalue weighted by Crippen LogP contribution is -2.27. The van der Waals surface area contributed by atoms with E-state index in [0.717, 1.165) is 15.6 Å². The van der Waals surface area contributed by atoms with Crippen molar-refractivity contribution < 1.29 is 23.1 Å². The van der Waals surface area contributed by atoms with E-state index in [2.05, 4.69) is 0 Å². The van der Waals surface area contributed by atoms with Crippen molar-refractivity contribution in [2.24, 2.45) is 0 Å². The van der Waals surface area contributed by atoms with Crippen molar-refractivity contribution in [3.05, 3.63) is 40.6 Å². The number of hydrogen-bond acceptors (Lipinski definition) is 5. The molecule has 0 radical (unpaired) electrons. The van der Waals surface area contributed by atoms with Crippen LogP contribution in [0.3, 0.4) is 0 Å². The van der Waals surface area contributed by atoms with E-state index in [1.165, 1.54) is 25.6 Å². The first-order valence-corrected chi connectivity index (χ1v) is 8.14. The summed E-state index contributed by atoms with van der Waals surface area (Å²) < 4.78 is 31.4. The van der Waals surface area contributed by atoms with Crippen LogP contribution in [0.25, 0.3) is 0 Å². The fourth-order valence-electron chi connectivity index (χ4n) is 1.82. The van der Waals surface area contributed by atoms with Crippen LogP contribution in [0.5, 0.6) is 5.75 Å². The first kappa shape index (κ1) is 15.3. The Morgan fingerprint density at radius 1 is 1.29 bits per heavy atom. The van der Waals surface area contributed by atoms with Gasteiger partial charge in [-0.05, 0) is 23.6 Å². The van der Waals surface area contributed by atoms with Gasteiger partial charge in [-0.3, -0.25) is 4.31 Å². The van der Waals surface area contributed by atoms with Crippen LogP contribution in [0.1, 0.15) is 9.67 Å². The predicted octanol–water partition coefficient (Wildman–Crippen LogP) is 2.28. The number of para-hydroxylation sites is 2. The van der Waals surface area contributed by atoms with Crippen LogP contribution < -0.4 is 9.04 Å². The maximum atomic E-state index is 12.6. The molecule has 1 N–H and O–H groups in total. The fourth-order valence-corrected chi connectivity index (χ4v) is 4.26. The highest BCUT2D eigenvalue weighted by molar-refractivity contribution is 7.93. The Labute approximate surface area is 126 Å². The number of carboxylic acids is 1. The van der Waals surface area contributed by atoms with E-state index in [1.807, 2.05) is 0 Å². The summed E-state index contributed by atoms with van der Waals surface area (Å²) in [7, 11) is -1.18. The second kappa shape index (κ2) is 5.74. The van der Waals surface area contributed by atoms with Crippen LogP contribution >= 0.6 is 11.3 Å². The van der Waals surface area contributed by atoms with Gasteiger partial charge in [0.1, 0.15) is 15.5 Å². The number of nitrogens with zero attached hydrogens (tertiary/aromatic N) is 1. The van der Waals surface area contributed by atoms with Crippen molar-refractivity contribution in [2.45, 2.75) is 4.90 Å². The Morgan fingerprint density at radius 2 is 1.95 bits per heavy atom. The zero-order chi connectivity index (χ0) is 15.6. The van der Waals surface area contributed by atoms with Crippen LogP contribution in [0.15, 0.2) is 40.6 Å². The number of sulfonamides is 1. The first-order chi connectivity index (χ1) is 9.89. The molecule has 8 heteroatoms. The Bertz CT molecular complexity index is 766. The number of carboxylic acid groups (broad SMARTS) is 1. The van der Waals surface area contributed by atoms with Crippen molar-refractivity contribution in [3.8, 4) is 5.75 Å². The smallest absolute Gasteiger partial charge is 0.347 e. The number of anilines is 1. The third kappa shape index (κ3) is 2.72. The van der Waals surface area contributed by atoms with Crippen LogP contribution in [0, 0.1) is 0 Å². The summed E-state index contributed by atoms with van der Waals surface area (Å²) in [5.74, 6) is -0.882. The van der Waals surface area contributed by atoms with Gasteiger partial charge >= 0.3 is 5.97 Å². The average molecular weight is 327 g/mol. The summed E-state index contributed by atoms with van der Waals surface area (Å²) in [6, 6.07) is 7.90. The van der Waals surface area contributed by atoms with Crippen molar-refractivity contribution in [1.82, 2.24) is 0 Å². The minimum atomic E-state index is -3.97. The van der Waals surface area contributed by atoms with Crippen molar-refractivity contribution >= 4 is 33.0 Å². The SMILES string of the molecule is COc1ccccc1N(C)S(=O)(=O)c1ccsc1C(=O)O. The second-order valence-corrected chi connectivity index (χ2v) is 6.92. The highest BCUT2D eigenvalue weighted by Gasteiger charge is 2.29. The van der Waals surface area contributed by atoms with E-state index in [1.54, 1.807) is 24.3 Å². The van der Waals surface area contributed by atoms with Crippen LogP contribution in [-0.2, 0) is 10.0 Å². The highest BCUT2D eigenvalue weighted by Crippen LogP contribution is 2.33. The van der Waals surface area contributed by atoms with Gasteiger partial charge in [0.15, 0.2) is 0 Å². The molecule has 0 aliphatic heterocycles. The molecule has 0 atom stereocenters. The molecular formula is C13H13NO5S2. The summed E-state index contributed by atoms with van der Waals surface area (Å²) in [5, 5.41) is 10.5. The molecule has 2 rings (SSSR count). The van der Waals surface area contributed by atoms with E-state index in [4.69, 9.17) is 9.84 Å². The van der Waals surface area contributed by atoms with Crippen molar-refractivity contribution in [2.75, 3.05) is 18.5 Å². The summed E-state index contributed by atoms with van der Waals surface area (Å²) in [5.41, 5.74) is 0.336. The third-order valence-corrected chi connectivity index (χ3v) is 5.73. The lowest BCUT2D eigenvalue weighted by atomic mass is 10.3. The van der Waals surface area contributed by atoms with Crippen LogP contribution in [0.2, 0.25) is 0 Å². The van der Waals surface area contributed by atoms with E-state index >= 15 is 0 Å². The molecule has 6 nitrogen and oxygen atoms in total. The lowest BCUT2D eigenvalue weighted by molar-refractivity contribution is 0.0698. The molecular weight excluding hydrogens is 314 g/mol. The summed E-state index contributed by atoms with van der Waals surface area (Å²) >= 11 is 0.870. The number of hydrogen-bond donors (Lipinski definition) is 1. The van der Waals surface area contributed by atoms with Crippen LogP contribution in [-0.4, -0.2) is 33.7 Å². The summed E-state index contributed by atoms with van der Waals surface area (Å²) in [6.45, 7) is 0. The normalized spacial score (nSPS) is 11.1. The van der Waals surface area contributed by atoms with Gasteiger partial charge in [-0.2, -0.15) is 0 Å². The molecule has 0 amide bonds. The van der Waals surface area contributed by atoms with Crippen LogP contribution in [0.4, 0.5) is 5.69 Å². The Balaban J connectivity index is 2.53. The molecule has 0 spiro atoms.